The highest BCUT2D eigenvalue weighted by molar-refractivity contribution is 5.64. The van der Waals surface area contributed by atoms with Crippen LogP contribution in [0.3, 0.4) is 0 Å². The van der Waals surface area contributed by atoms with Crippen molar-refractivity contribution in [2.24, 2.45) is 16.9 Å². The van der Waals surface area contributed by atoms with Gasteiger partial charge in [0.1, 0.15) is 6.10 Å². The lowest BCUT2D eigenvalue weighted by atomic mass is 9.87. The van der Waals surface area contributed by atoms with Gasteiger partial charge in [-0.05, 0) is 18.4 Å². The van der Waals surface area contributed by atoms with Gasteiger partial charge >= 0.3 is 6.09 Å². The van der Waals surface area contributed by atoms with E-state index in [1.165, 1.54) is 0 Å². The van der Waals surface area contributed by atoms with Crippen LogP contribution in [0.4, 0.5) is 4.79 Å². The summed E-state index contributed by atoms with van der Waals surface area (Å²) in [7, 11) is 0. The van der Waals surface area contributed by atoms with Crippen LogP contribution < -0.4 is 11.5 Å². The fraction of sp³-hybridized carbons (Fsp3) is 0.875. The third-order valence-electron chi connectivity index (χ3n) is 1.65. The average molecular weight is 174 g/mol. The molecule has 0 aliphatic heterocycles. The summed E-state index contributed by atoms with van der Waals surface area (Å²) in [6.07, 6.45) is -0.282. The molecular weight excluding hydrogens is 156 g/mol. The number of nitrogens with two attached hydrogens (primary N) is 2. The van der Waals surface area contributed by atoms with Crippen LogP contribution in [-0.4, -0.2) is 18.7 Å². The molecule has 1 atom stereocenters. The summed E-state index contributed by atoms with van der Waals surface area (Å²) >= 11 is 0. The Morgan fingerprint density at radius 1 is 1.50 bits per heavy atom. The maximum atomic E-state index is 10.5. The zero-order valence-corrected chi connectivity index (χ0v) is 7.96. The number of rotatable bonds is 3. The minimum atomic E-state index is -0.733. The number of hydrogen-bond donors (Lipinski definition) is 2. The SMILES string of the molecule is CC(C)(C)C(CCN)OC(N)=O. The molecule has 4 N–H and O–H groups in total. The summed E-state index contributed by atoms with van der Waals surface area (Å²) < 4.78 is 4.91. The van der Waals surface area contributed by atoms with Gasteiger partial charge < -0.3 is 16.2 Å². The van der Waals surface area contributed by atoms with Crippen molar-refractivity contribution in [3.8, 4) is 0 Å². The molecule has 0 aromatic heterocycles. The second-order valence-electron chi connectivity index (χ2n) is 3.87. The number of ether oxygens (including phenoxy) is 1. The largest absolute Gasteiger partial charge is 0.446 e. The van der Waals surface area contributed by atoms with Gasteiger partial charge in [-0.25, -0.2) is 4.79 Å². The van der Waals surface area contributed by atoms with Gasteiger partial charge in [0.15, 0.2) is 0 Å². The maximum absolute atomic E-state index is 10.5. The molecule has 0 saturated heterocycles. The van der Waals surface area contributed by atoms with Crippen molar-refractivity contribution < 1.29 is 9.53 Å². The first-order chi connectivity index (χ1) is 5.38. The highest BCUT2D eigenvalue weighted by Gasteiger charge is 2.26. The van der Waals surface area contributed by atoms with E-state index in [9.17, 15) is 4.79 Å². The molecule has 4 nitrogen and oxygen atoms in total. The van der Waals surface area contributed by atoms with Crippen LogP contribution in [0.5, 0.6) is 0 Å². The standard InChI is InChI=1S/C8H18N2O2/c1-8(2,3)6(4-5-9)12-7(10)11/h6H,4-5,9H2,1-3H3,(H2,10,11). The normalized spacial score (nSPS) is 14.0. The average Bonchev–Trinajstić information content (AvgIpc) is 1.83. The summed E-state index contributed by atoms with van der Waals surface area (Å²) in [4.78, 5) is 10.5. The highest BCUT2D eigenvalue weighted by atomic mass is 16.6. The molecule has 0 rings (SSSR count). The van der Waals surface area contributed by atoms with Crippen LogP contribution in [0, 0.1) is 5.41 Å². The summed E-state index contributed by atoms with van der Waals surface area (Å²) in [6, 6.07) is 0. The van der Waals surface area contributed by atoms with Crippen molar-refractivity contribution in [2.45, 2.75) is 33.3 Å². The molecule has 0 aliphatic rings. The van der Waals surface area contributed by atoms with Crippen molar-refractivity contribution in [1.29, 1.82) is 0 Å². The van der Waals surface area contributed by atoms with E-state index in [2.05, 4.69) is 0 Å². The summed E-state index contributed by atoms with van der Waals surface area (Å²) in [5, 5.41) is 0. The Morgan fingerprint density at radius 3 is 2.25 bits per heavy atom. The predicted molar refractivity (Wildman–Crippen MR) is 47.6 cm³/mol. The lowest BCUT2D eigenvalue weighted by Gasteiger charge is -2.29. The van der Waals surface area contributed by atoms with Crippen molar-refractivity contribution in [3.63, 3.8) is 0 Å². The minimum Gasteiger partial charge on any atom is -0.446 e. The highest BCUT2D eigenvalue weighted by Crippen LogP contribution is 2.24. The van der Waals surface area contributed by atoms with E-state index in [4.69, 9.17) is 16.2 Å². The Kier molecular flexibility index (Phi) is 4.03. The van der Waals surface area contributed by atoms with Gasteiger partial charge in [0.05, 0.1) is 0 Å². The van der Waals surface area contributed by atoms with E-state index in [1.807, 2.05) is 20.8 Å². The van der Waals surface area contributed by atoms with E-state index in [0.29, 0.717) is 13.0 Å². The van der Waals surface area contributed by atoms with Crippen molar-refractivity contribution in [3.05, 3.63) is 0 Å². The van der Waals surface area contributed by atoms with Crippen LogP contribution in [0.2, 0.25) is 0 Å². The quantitative estimate of drug-likeness (QED) is 0.665. The van der Waals surface area contributed by atoms with Crippen molar-refractivity contribution >= 4 is 6.09 Å². The Hall–Kier alpha value is -0.770. The van der Waals surface area contributed by atoms with Crippen LogP contribution >= 0.6 is 0 Å². The number of carbonyl (C=O) groups excluding carboxylic acids is 1. The summed E-state index contributed by atoms with van der Waals surface area (Å²) in [5.41, 5.74) is 10.2. The summed E-state index contributed by atoms with van der Waals surface area (Å²) in [5.74, 6) is 0. The molecule has 1 unspecified atom stereocenters. The van der Waals surface area contributed by atoms with Gasteiger partial charge in [0.25, 0.3) is 0 Å². The molecule has 0 aromatic carbocycles. The van der Waals surface area contributed by atoms with Crippen molar-refractivity contribution in [1.82, 2.24) is 0 Å². The van der Waals surface area contributed by atoms with E-state index < -0.39 is 6.09 Å². The Morgan fingerprint density at radius 2 is 2.00 bits per heavy atom. The van der Waals surface area contributed by atoms with E-state index in [1.54, 1.807) is 0 Å². The monoisotopic (exact) mass is 174 g/mol. The second-order valence-corrected chi connectivity index (χ2v) is 3.87. The predicted octanol–water partition coefficient (Wildman–Crippen LogP) is 0.845. The Labute approximate surface area is 73.2 Å². The van der Waals surface area contributed by atoms with Crippen molar-refractivity contribution in [2.75, 3.05) is 6.54 Å². The van der Waals surface area contributed by atoms with E-state index in [-0.39, 0.29) is 11.5 Å². The van der Waals surface area contributed by atoms with Gasteiger partial charge in [0, 0.05) is 0 Å². The number of amides is 1. The zero-order valence-electron chi connectivity index (χ0n) is 7.96. The van der Waals surface area contributed by atoms with Gasteiger partial charge in [0.2, 0.25) is 0 Å². The number of carbonyl (C=O) groups is 1. The Bertz CT molecular complexity index is 152. The minimum absolute atomic E-state index is 0.103. The van der Waals surface area contributed by atoms with E-state index in [0.717, 1.165) is 0 Å². The molecule has 0 radical (unpaired) electrons. The fourth-order valence-electron chi connectivity index (χ4n) is 0.960. The van der Waals surface area contributed by atoms with Crippen LogP contribution in [0.25, 0.3) is 0 Å². The van der Waals surface area contributed by atoms with Crippen LogP contribution in [0.1, 0.15) is 27.2 Å². The first kappa shape index (κ1) is 11.2. The molecule has 72 valence electrons. The molecule has 0 heterocycles. The molecule has 0 spiro atoms. The molecular formula is C8H18N2O2. The molecule has 12 heavy (non-hydrogen) atoms. The first-order valence-corrected chi connectivity index (χ1v) is 4.04. The molecule has 0 aliphatic carbocycles. The molecule has 4 heteroatoms. The smallest absolute Gasteiger partial charge is 0.404 e. The molecule has 1 amide bonds. The fourth-order valence-corrected chi connectivity index (χ4v) is 0.960. The lowest BCUT2D eigenvalue weighted by molar-refractivity contribution is 0.0331. The Balaban J connectivity index is 4.13. The van der Waals surface area contributed by atoms with Gasteiger partial charge in [-0.1, -0.05) is 20.8 Å². The first-order valence-electron chi connectivity index (χ1n) is 4.04. The lowest BCUT2D eigenvalue weighted by Crippen LogP contribution is -2.35. The second kappa shape index (κ2) is 4.30. The van der Waals surface area contributed by atoms with Gasteiger partial charge in [-0.15, -0.1) is 0 Å². The molecule has 0 bridgehead atoms. The van der Waals surface area contributed by atoms with Crippen LogP contribution in [0.15, 0.2) is 0 Å². The van der Waals surface area contributed by atoms with Gasteiger partial charge in [-0.2, -0.15) is 0 Å². The molecule has 0 saturated carbocycles. The van der Waals surface area contributed by atoms with E-state index >= 15 is 0 Å². The third-order valence-corrected chi connectivity index (χ3v) is 1.65. The maximum Gasteiger partial charge on any atom is 0.404 e. The third kappa shape index (κ3) is 4.18. The number of hydrogen-bond acceptors (Lipinski definition) is 3. The topological polar surface area (TPSA) is 78.3 Å². The zero-order chi connectivity index (χ0) is 9.78. The molecule has 0 fully saturated rings. The molecule has 0 aromatic rings. The van der Waals surface area contributed by atoms with Gasteiger partial charge in [-0.3, -0.25) is 0 Å². The summed E-state index contributed by atoms with van der Waals surface area (Å²) in [6.45, 7) is 6.44. The number of primary amides is 1. The van der Waals surface area contributed by atoms with Crippen LogP contribution in [-0.2, 0) is 4.74 Å².